The van der Waals surface area contributed by atoms with E-state index in [1.807, 2.05) is 42.5 Å². The van der Waals surface area contributed by atoms with Gasteiger partial charge in [0.25, 0.3) is 5.91 Å². The third-order valence-corrected chi connectivity index (χ3v) is 5.65. The van der Waals surface area contributed by atoms with Gasteiger partial charge in [-0.15, -0.1) is 0 Å². The summed E-state index contributed by atoms with van der Waals surface area (Å²) in [7, 11) is 1.58. The van der Waals surface area contributed by atoms with Crippen molar-refractivity contribution < 1.29 is 14.3 Å². The van der Waals surface area contributed by atoms with E-state index in [1.54, 1.807) is 19.3 Å². The first-order valence-corrected chi connectivity index (χ1v) is 10.7. The lowest BCUT2D eigenvalue weighted by molar-refractivity contribution is -0.117. The van der Waals surface area contributed by atoms with Gasteiger partial charge in [-0.25, -0.2) is 0 Å². The summed E-state index contributed by atoms with van der Waals surface area (Å²) in [6.07, 6.45) is 5.79. The molecule has 0 saturated heterocycles. The summed E-state index contributed by atoms with van der Waals surface area (Å²) >= 11 is 2.18. The Hall–Kier alpha value is -2.53. The minimum atomic E-state index is -0.322. The van der Waals surface area contributed by atoms with Crippen LogP contribution in [-0.4, -0.2) is 19.1 Å². The zero-order valence-corrected chi connectivity index (χ0v) is 18.4. The number of rotatable bonds is 7. The van der Waals surface area contributed by atoms with Gasteiger partial charge in [0.2, 0.25) is 0 Å². The normalized spacial score (nSPS) is 14.3. The number of nitriles is 1. The maximum atomic E-state index is 12.4. The highest BCUT2D eigenvalue weighted by atomic mass is 127. The Labute approximate surface area is 184 Å². The third kappa shape index (κ3) is 5.73. The van der Waals surface area contributed by atoms with E-state index in [9.17, 15) is 10.1 Å². The lowest BCUT2D eigenvalue weighted by atomic mass is 10.1. The van der Waals surface area contributed by atoms with Crippen LogP contribution in [-0.2, 0) is 11.4 Å². The molecule has 6 heteroatoms. The molecule has 1 aliphatic rings. The average Bonchev–Trinajstić information content (AvgIpc) is 3.24. The van der Waals surface area contributed by atoms with E-state index in [0.29, 0.717) is 18.1 Å². The van der Waals surface area contributed by atoms with Gasteiger partial charge in [0, 0.05) is 6.04 Å². The van der Waals surface area contributed by atoms with Crippen LogP contribution in [0.3, 0.4) is 0 Å². The molecule has 1 amide bonds. The average molecular weight is 502 g/mol. The molecule has 0 bridgehead atoms. The topological polar surface area (TPSA) is 71.3 Å². The Morgan fingerprint density at radius 2 is 2.00 bits per heavy atom. The zero-order chi connectivity index (χ0) is 20.6. The third-order valence-electron chi connectivity index (χ3n) is 4.84. The number of nitrogens with one attached hydrogen (secondary N) is 1. The van der Waals surface area contributed by atoms with Crippen LogP contribution in [0.2, 0.25) is 0 Å². The second-order valence-electron chi connectivity index (χ2n) is 6.93. The van der Waals surface area contributed by atoms with E-state index in [-0.39, 0.29) is 17.5 Å². The van der Waals surface area contributed by atoms with Crippen molar-refractivity contribution in [2.45, 2.75) is 38.3 Å². The predicted octanol–water partition coefficient (Wildman–Crippen LogP) is 4.84. The van der Waals surface area contributed by atoms with Gasteiger partial charge in [0.15, 0.2) is 11.5 Å². The molecule has 5 nitrogen and oxygen atoms in total. The summed E-state index contributed by atoms with van der Waals surface area (Å²) in [4.78, 5) is 12.4. The Bertz CT molecular complexity index is 929. The highest BCUT2D eigenvalue weighted by Gasteiger charge is 2.20. The highest BCUT2D eigenvalue weighted by Crippen LogP contribution is 2.35. The fourth-order valence-corrected chi connectivity index (χ4v) is 4.12. The van der Waals surface area contributed by atoms with E-state index < -0.39 is 0 Å². The molecule has 1 N–H and O–H groups in total. The molecule has 0 heterocycles. The van der Waals surface area contributed by atoms with Crippen molar-refractivity contribution in [2.24, 2.45) is 0 Å². The van der Waals surface area contributed by atoms with E-state index in [1.165, 1.54) is 0 Å². The minimum Gasteiger partial charge on any atom is -0.493 e. The molecule has 0 radical (unpaired) electrons. The summed E-state index contributed by atoms with van der Waals surface area (Å²) in [5.74, 6) is 0.883. The summed E-state index contributed by atoms with van der Waals surface area (Å²) in [6.45, 7) is 0.426. The number of hydrogen-bond donors (Lipinski definition) is 1. The fourth-order valence-electron chi connectivity index (χ4n) is 3.34. The van der Waals surface area contributed by atoms with E-state index in [0.717, 1.165) is 40.4 Å². The Balaban J connectivity index is 1.78. The van der Waals surface area contributed by atoms with Gasteiger partial charge in [-0.2, -0.15) is 5.26 Å². The largest absolute Gasteiger partial charge is 0.493 e. The van der Waals surface area contributed by atoms with Gasteiger partial charge in [-0.05, 0) is 64.8 Å². The van der Waals surface area contributed by atoms with Crippen LogP contribution in [0.5, 0.6) is 11.5 Å². The van der Waals surface area contributed by atoms with Gasteiger partial charge in [0.05, 0.1) is 10.7 Å². The van der Waals surface area contributed by atoms with Crippen LogP contribution in [0.1, 0.15) is 36.8 Å². The van der Waals surface area contributed by atoms with Gasteiger partial charge in [-0.1, -0.05) is 43.2 Å². The standard InChI is InChI=1S/C23H23IN2O3/c1-28-21-13-17(11-18(14-25)23(27)26-19-9-5-6-10-19)12-20(24)22(21)29-15-16-7-3-2-4-8-16/h2-4,7-8,11-13,19H,5-6,9-10,15H2,1H3,(H,26,27)/b18-11-. The molecule has 1 saturated carbocycles. The molecule has 0 unspecified atom stereocenters. The summed E-state index contributed by atoms with van der Waals surface area (Å²) in [6, 6.07) is 15.7. The molecule has 3 rings (SSSR count). The maximum Gasteiger partial charge on any atom is 0.262 e. The number of hydrogen-bond acceptors (Lipinski definition) is 4. The Morgan fingerprint density at radius 1 is 1.28 bits per heavy atom. The molecule has 1 fully saturated rings. The van der Waals surface area contributed by atoms with E-state index in [2.05, 4.69) is 27.9 Å². The van der Waals surface area contributed by atoms with Crippen LogP contribution in [0.15, 0.2) is 48.0 Å². The lowest BCUT2D eigenvalue weighted by Crippen LogP contribution is -2.33. The van der Waals surface area contributed by atoms with Crippen molar-refractivity contribution in [1.29, 1.82) is 5.26 Å². The maximum absolute atomic E-state index is 12.4. The number of nitrogens with zero attached hydrogens (tertiary/aromatic N) is 1. The van der Waals surface area contributed by atoms with Crippen molar-refractivity contribution in [3.63, 3.8) is 0 Å². The molecule has 0 aromatic heterocycles. The Morgan fingerprint density at radius 3 is 2.66 bits per heavy atom. The predicted molar refractivity (Wildman–Crippen MR) is 120 cm³/mol. The highest BCUT2D eigenvalue weighted by molar-refractivity contribution is 14.1. The SMILES string of the molecule is COc1cc(/C=C(/C#N)C(=O)NC2CCCC2)cc(I)c1OCc1ccccc1. The van der Waals surface area contributed by atoms with Crippen molar-refractivity contribution in [1.82, 2.24) is 5.32 Å². The van der Waals surface area contributed by atoms with E-state index in [4.69, 9.17) is 9.47 Å². The summed E-state index contributed by atoms with van der Waals surface area (Å²) in [5, 5.41) is 12.4. The number of carbonyl (C=O) groups excluding carboxylic acids is 1. The van der Waals surface area contributed by atoms with Gasteiger partial charge in [0.1, 0.15) is 18.2 Å². The molecule has 150 valence electrons. The molecule has 2 aromatic carbocycles. The van der Waals surface area contributed by atoms with Crippen LogP contribution < -0.4 is 14.8 Å². The van der Waals surface area contributed by atoms with Gasteiger partial charge < -0.3 is 14.8 Å². The number of benzene rings is 2. The molecule has 29 heavy (non-hydrogen) atoms. The molecule has 1 aliphatic carbocycles. The number of halogens is 1. The molecular formula is C23H23IN2O3. The first-order chi connectivity index (χ1) is 14.1. The summed E-state index contributed by atoms with van der Waals surface area (Å²) < 4.78 is 12.3. The quantitative estimate of drug-likeness (QED) is 0.334. The first kappa shape index (κ1) is 21.2. The zero-order valence-electron chi connectivity index (χ0n) is 16.3. The van der Waals surface area contributed by atoms with E-state index >= 15 is 0 Å². The van der Waals surface area contributed by atoms with Crippen molar-refractivity contribution in [2.75, 3.05) is 7.11 Å². The summed E-state index contributed by atoms with van der Waals surface area (Å²) in [5.41, 5.74) is 1.87. The molecule has 0 spiro atoms. The molecule has 0 aliphatic heterocycles. The van der Waals surface area contributed by atoms with Crippen LogP contribution in [0.4, 0.5) is 0 Å². The monoisotopic (exact) mass is 502 g/mol. The van der Waals surface area contributed by atoms with Crippen molar-refractivity contribution >= 4 is 34.6 Å². The number of amides is 1. The Kier molecular flexibility index (Phi) is 7.53. The van der Waals surface area contributed by atoms with Crippen LogP contribution >= 0.6 is 22.6 Å². The number of carbonyl (C=O) groups is 1. The number of methoxy groups -OCH3 is 1. The minimum absolute atomic E-state index is 0.0905. The molecule has 0 atom stereocenters. The van der Waals surface area contributed by atoms with Crippen molar-refractivity contribution in [3.05, 3.63) is 62.7 Å². The van der Waals surface area contributed by atoms with Crippen LogP contribution in [0, 0.1) is 14.9 Å². The van der Waals surface area contributed by atoms with Gasteiger partial charge >= 0.3 is 0 Å². The fraction of sp³-hybridized carbons (Fsp3) is 0.304. The lowest BCUT2D eigenvalue weighted by Gasteiger charge is -2.14. The second-order valence-corrected chi connectivity index (χ2v) is 8.10. The molecular weight excluding hydrogens is 479 g/mol. The van der Waals surface area contributed by atoms with Crippen LogP contribution in [0.25, 0.3) is 6.08 Å². The van der Waals surface area contributed by atoms with Gasteiger partial charge in [-0.3, -0.25) is 4.79 Å². The first-order valence-electron chi connectivity index (χ1n) is 9.57. The second kappa shape index (κ2) is 10.3. The molecule has 2 aromatic rings. The van der Waals surface area contributed by atoms with Crippen molar-refractivity contribution in [3.8, 4) is 17.6 Å². The number of ether oxygens (including phenoxy) is 2. The smallest absolute Gasteiger partial charge is 0.262 e.